The normalized spacial score (nSPS) is 9.80. The van der Waals surface area contributed by atoms with Gasteiger partial charge in [0.25, 0.3) is 0 Å². The lowest BCUT2D eigenvalue weighted by Crippen LogP contribution is -2.30. The minimum absolute atomic E-state index is 0.0693. The molecular weight excluding hydrogens is 198 g/mol. The summed E-state index contributed by atoms with van der Waals surface area (Å²) in [4.78, 5) is 23.9. The first-order valence-corrected chi connectivity index (χ1v) is 5.00. The molecule has 1 amide bonds. The van der Waals surface area contributed by atoms with Gasteiger partial charge < -0.3 is 14.4 Å². The third-order valence-corrected chi connectivity index (χ3v) is 1.90. The molecule has 0 unspecified atom stereocenters. The predicted molar refractivity (Wildman–Crippen MR) is 55.4 cm³/mol. The van der Waals surface area contributed by atoms with Crippen molar-refractivity contribution in [2.75, 3.05) is 33.9 Å². The number of hydrogen-bond donors (Lipinski definition) is 0. The highest BCUT2D eigenvalue weighted by molar-refractivity contribution is 5.81. The van der Waals surface area contributed by atoms with Crippen molar-refractivity contribution in [3.05, 3.63) is 0 Å². The third-order valence-electron chi connectivity index (χ3n) is 1.90. The van der Waals surface area contributed by atoms with Gasteiger partial charge in [-0.1, -0.05) is 0 Å². The highest BCUT2D eigenvalue weighted by Gasteiger charge is 2.11. The van der Waals surface area contributed by atoms with E-state index in [0.29, 0.717) is 19.8 Å². The number of esters is 1. The van der Waals surface area contributed by atoms with Crippen LogP contribution in [0.4, 0.5) is 0 Å². The van der Waals surface area contributed by atoms with Crippen LogP contribution in [0.25, 0.3) is 0 Å². The maximum absolute atomic E-state index is 11.4. The quantitative estimate of drug-likeness (QED) is 0.580. The van der Waals surface area contributed by atoms with Gasteiger partial charge in [-0.2, -0.15) is 0 Å². The van der Waals surface area contributed by atoms with Gasteiger partial charge in [0.05, 0.1) is 19.6 Å². The summed E-state index contributed by atoms with van der Waals surface area (Å²) >= 11 is 0. The standard InChI is InChI=1S/C10H19NO4/c1-4-15-10(13)6-5-9(12)11(2)7-8-14-3/h4-8H2,1-3H3. The fourth-order valence-electron chi connectivity index (χ4n) is 0.986. The second-order valence-electron chi connectivity index (χ2n) is 3.11. The smallest absolute Gasteiger partial charge is 0.306 e. The molecule has 0 aromatic heterocycles. The molecule has 0 rings (SSSR count). The Morgan fingerprint density at radius 2 is 1.93 bits per heavy atom. The molecule has 88 valence electrons. The molecule has 0 aliphatic carbocycles. The molecule has 0 bridgehead atoms. The Kier molecular flexibility index (Phi) is 7.62. The van der Waals surface area contributed by atoms with E-state index < -0.39 is 0 Å². The van der Waals surface area contributed by atoms with Gasteiger partial charge in [0.1, 0.15) is 0 Å². The van der Waals surface area contributed by atoms with Crippen molar-refractivity contribution in [2.45, 2.75) is 19.8 Å². The number of carbonyl (C=O) groups is 2. The zero-order valence-corrected chi connectivity index (χ0v) is 9.62. The van der Waals surface area contributed by atoms with Crippen LogP contribution in [0.5, 0.6) is 0 Å². The first kappa shape index (κ1) is 13.9. The van der Waals surface area contributed by atoms with E-state index in [2.05, 4.69) is 0 Å². The van der Waals surface area contributed by atoms with Crippen LogP contribution in [0.15, 0.2) is 0 Å². The molecule has 5 nitrogen and oxygen atoms in total. The van der Waals surface area contributed by atoms with Crippen molar-refractivity contribution in [1.82, 2.24) is 4.90 Å². The van der Waals surface area contributed by atoms with Crippen LogP contribution >= 0.6 is 0 Å². The van der Waals surface area contributed by atoms with E-state index in [4.69, 9.17) is 9.47 Å². The van der Waals surface area contributed by atoms with Gasteiger partial charge in [-0.15, -0.1) is 0 Å². The zero-order valence-electron chi connectivity index (χ0n) is 9.62. The minimum Gasteiger partial charge on any atom is -0.466 e. The van der Waals surface area contributed by atoms with Crippen molar-refractivity contribution in [1.29, 1.82) is 0 Å². The van der Waals surface area contributed by atoms with Gasteiger partial charge in [0.2, 0.25) is 5.91 Å². The van der Waals surface area contributed by atoms with Gasteiger partial charge in [-0.3, -0.25) is 9.59 Å². The van der Waals surface area contributed by atoms with E-state index in [1.807, 2.05) is 0 Å². The van der Waals surface area contributed by atoms with Gasteiger partial charge in [-0.05, 0) is 6.92 Å². The molecule has 0 aromatic rings. The predicted octanol–water partition coefficient (Wildman–Crippen LogP) is 0.434. The van der Waals surface area contributed by atoms with Crippen molar-refractivity contribution < 1.29 is 19.1 Å². The summed E-state index contributed by atoms with van der Waals surface area (Å²) in [5, 5.41) is 0. The SMILES string of the molecule is CCOC(=O)CCC(=O)N(C)CCOC. The summed E-state index contributed by atoms with van der Waals surface area (Å²) in [5.74, 6) is -0.397. The Balaban J connectivity index is 3.68. The number of ether oxygens (including phenoxy) is 2. The Hall–Kier alpha value is -1.10. The lowest BCUT2D eigenvalue weighted by Gasteiger charge is -2.16. The van der Waals surface area contributed by atoms with E-state index >= 15 is 0 Å². The summed E-state index contributed by atoms with van der Waals surface area (Å²) in [6.45, 7) is 3.14. The van der Waals surface area contributed by atoms with Crippen LogP contribution in [0.1, 0.15) is 19.8 Å². The van der Waals surface area contributed by atoms with Crippen molar-refractivity contribution in [2.24, 2.45) is 0 Å². The summed E-state index contributed by atoms with van der Waals surface area (Å²) in [5.41, 5.74) is 0. The number of hydrogen-bond acceptors (Lipinski definition) is 4. The molecule has 5 heteroatoms. The van der Waals surface area contributed by atoms with Crippen LogP contribution in [0.3, 0.4) is 0 Å². The monoisotopic (exact) mass is 217 g/mol. The largest absolute Gasteiger partial charge is 0.466 e. The molecule has 0 N–H and O–H groups in total. The van der Waals surface area contributed by atoms with E-state index in [0.717, 1.165) is 0 Å². The molecule has 0 saturated heterocycles. The van der Waals surface area contributed by atoms with Crippen LogP contribution < -0.4 is 0 Å². The van der Waals surface area contributed by atoms with Gasteiger partial charge in [-0.25, -0.2) is 0 Å². The van der Waals surface area contributed by atoms with Gasteiger partial charge in [0.15, 0.2) is 0 Å². The molecule has 0 saturated carbocycles. The summed E-state index contributed by atoms with van der Waals surface area (Å²) in [6.07, 6.45) is 0.336. The van der Waals surface area contributed by atoms with Gasteiger partial charge >= 0.3 is 5.97 Å². The van der Waals surface area contributed by atoms with Crippen LogP contribution in [-0.2, 0) is 19.1 Å². The number of methoxy groups -OCH3 is 1. The molecule has 0 aliphatic heterocycles. The van der Waals surface area contributed by atoms with E-state index in [9.17, 15) is 9.59 Å². The van der Waals surface area contributed by atoms with Crippen LogP contribution in [0, 0.1) is 0 Å². The average Bonchev–Trinajstić information content (AvgIpc) is 2.22. The Labute approximate surface area is 90.3 Å². The number of likely N-dealkylation sites (N-methyl/N-ethyl adjacent to an activating group) is 1. The Bertz CT molecular complexity index is 206. The van der Waals surface area contributed by atoms with E-state index in [1.54, 1.807) is 26.0 Å². The fourth-order valence-corrected chi connectivity index (χ4v) is 0.986. The average molecular weight is 217 g/mol. The second kappa shape index (κ2) is 8.23. The van der Waals surface area contributed by atoms with Crippen molar-refractivity contribution >= 4 is 11.9 Å². The molecule has 0 radical (unpaired) electrons. The maximum Gasteiger partial charge on any atom is 0.306 e. The first-order valence-electron chi connectivity index (χ1n) is 5.00. The number of amides is 1. The van der Waals surface area contributed by atoms with Crippen molar-refractivity contribution in [3.63, 3.8) is 0 Å². The maximum atomic E-state index is 11.4. The minimum atomic E-state index is -0.328. The molecule has 15 heavy (non-hydrogen) atoms. The lowest BCUT2D eigenvalue weighted by atomic mass is 10.3. The summed E-state index contributed by atoms with van der Waals surface area (Å²) < 4.78 is 9.56. The second-order valence-corrected chi connectivity index (χ2v) is 3.11. The summed E-state index contributed by atoms with van der Waals surface area (Å²) in [6, 6.07) is 0. The topological polar surface area (TPSA) is 55.8 Å². The zero-order chi connectivity index (χ0) is 11.7. The Morgan fingerprint density at radius 3 is 2.47 bits per heavy atom. The van der Waals surface area contributed by atoms with E-state index in [-0.39, 0.29) is 24.7 Å². The van der Waals surface area contributed by atoms with E-state index in [1.165, 1.54) is 0 Å². The lowest BCUT2D eigenvalue weighted by molar-refractivity contribution is -0.145. The molecule has 0 fully saturated rings. The molecule has 0 atom stereocenters. The number of carbonyl (C=O) groups excluding carboxylic acids is 2. The van der Waals surface area contributed by atoms with Crippen LogP contribution in [0.2, 0.25) is 0 Å². The van der Waals surface area contributed by atoms with Crippen LogP contribution in [-0.4, -0.2) is 50.7 Å². The highest BCUT2D eigenvalue weighted by Crippen LogP contribution is 1.97. The van der Waals surface area contributed by atoms with Crippen molar-refractivity contribution in [3.8, 4) is 0 Å². The molecular formula is C10H19NO4. The highest BCUT2D eigenvalue weighted by atomic mass is 16.5. The first-order chi connectivity index (χ1) is 7.11. The Morgan fingerprint density at radius 1 is 1.27 bits per heavy atom. The number of rotatable bonds is 7. The molecule has 0 spiro atoms. The number of nitrogens with zero attached hydrogens (tertiary/aromatic N) is 1. The summed E-state index contributed by atoms with van der Waals surface area (Å²) in [7, 11) is 3.27. The molecule has 0 aliphatic rings. The molecule has 0 aromatic carbocycles. The molecule has 0 heterocycles. The fraction of sp³-hybridized carbons (Fsp3) is 0.800. The third kappa shape index (κ3) is 6.90. The van der Waals surface area contributed by atoms with Gasteiger partial charge in [0, 0.05) is 27.1 Å².